The van der Waals surface area contributed by atoms with E-state index in [1.807, 2.05) is 6.07 Å². The lowest BCUT2D eigenvalue weighted by Crippen LogP contribution is -2.15. The van der Waals surface area contributed by atoms with Crippen molar-refractivity contribution in [2.75, 3.05) is 0 Å². The molecule has 86 valence electrons. The lowest BCUT2D eigenvalue weighted by molar-refractivity contribution is 0.100. The Morgan fingerprint density at radius 3 is 2.94 bits per heavy atom. The van der Waals surface area contributed by atoms with Crippen LogP contribution in [0.15, 0.2) is 18.2 Å². The van der Waals surface area contributed by atoms with Crippen molar-refractivity contribution < 1.29 is 4.79 Å². The first-order valence-corrected chi connectivity index (χ1v) is 5.95. The summed E-state index contributed by atoms with van der Waals surface area (Å²) >= 11 is 5.97. The number of nitrogens with two attached hydrogens (primary N) is 1. The Balaban J connectivity index is 2.45. The number of pyridine rings is 1. The second-order valence-electron chi connectivity index (χ2n) is 4.29. The average molecular weight is 247 g/mol. The van der Waals surface area contributed by atoms with Gasteiger partial charge >= 0.3 is 0 Å². The summed E-state index contributed by atoms with van der Waals surface area (Å²) in [5, 5.41) is 1.37. The summed E-state index contributed by atoms with van der Waals surface area (Å²) in [5.74, 6) is -0.391. The Kier molecular flexibility index (Phi) is 2.30. The Morgan fingerprint density at radius 1 is 1.35 bits per heavy atom. The molecule has 2 aromatic rings. The summed E-state index contributed by atoms with van der Waals surface area (Å²) in [4.78, 5) is 16.2. The number of rotatable bonds is 1. The molecule has 0 saturated carbocycles. The Bertz CT molecular complexity index is 637. The first-order chi connectivity index (χ1) is 8.16. The number of carbonyl (C=O) groups excluding carboxylic acids is 1. The molecule has 3 rings (SSSR count). The molecule has 3 nitrogen and oxygen atoms in total. The zero-order chi connectivity index (χ0) is 12.0. The van der Waals surface area contributed by atoms with Crippen LogP contribution in [0.4, 0.5) is 0 Å². The molecule has 0 radical (unpaired) electrons. The summed E-state index contributed by atoms with van der Waals surface area (Å²) < 4.78 is 0. The number of primary amides is 1. The molecule has 0 saturated heterocycles. The van der Waals surface area contributed by atoms with Gasteiger partial charge in [0, 0.05) is 16.1 Å². The Hall–Kier alpha value is -1.61. The second kappa shape index (κ2) is 3.70. The number of hydrogen-bond acceptors (Lipinski definition) is 2. The maximum Gasteiger partial charge on any atom is 0.249 e. The molecule has 0 fully saturated rings. The van der Waals surface area contributed by atoms with Gasteiger partial charge in [-0.15, -0.1) is 0 Å². The minimum atomic E-state index is -0.391. The van der Waals surface area contributed by atoms with Gasteiger partial charge in [-0.25, -0.2) is 0 Å². The summed E-state index contributed by atoms with van der Waals surface area (Å²) in [5.41, 5.74) is 8.90. The van der Waals surface area contributed by atoms with E-state index < -0.39 is 5.91 Å². The molecular weight excluding hydrogens is 236 g/mol. The number of halogens is 1. The lowest BCUT2D eigenvalue weighted by Gasteiger charge is -2.09. The highest BCUT2D eigenvalue weighted by atomic mass is 35.5. The molecule has 1 aromatic carbocycles. The zero-order valence-electron chi connectivity index (χ0n) is 9.16. The summed E-state index contributed by atoms with van der Waals surface area (Å²) in [6.07, 6.45) is 2.84. The van der Waals surface area contributed by atoms with Crippen LogP contribution in [0.3, 0.4) is 0 Å². The largest absolute Gasteiger partial charge is 0.366 e. The monoisotopic (exact) mass is 246 g/mol. The molecule has 0 unspecified atom stereocenters. The van der Waals surface area contributed by atoms with Gasteiger partial charge in [-0.3, -0.25) is 9.78 Å². The van der Waals surface area contributed by atoms with Crippen LogP contribution in [-0.2, 0) is 12.8 Å². The maximum absolute atomic E-state index is 11.6. The van der Waals surface area contributed by atoms with Gasteiger partial charge in [-0.2, -0.15) is 0 Å². The number of fused-ring (bicyclic) bond motifs is 2. The van der Waals surface area contributed by atoms with Gasteiger partial charge < -0.3 is 5.73 Å². The molecule has 2 N–H and O–H groups in total. The summed E-state index contributed by atoms with van der Waals surface area (Å²) in [6, 6.07) is 5.38. The van der Waals surface area contributed by atoms with Crippen molar-refractivity contribution in [1.29, 1.82) is 0 Å². The van der Waals surface area contributed by atoms with E-state index in [0.29, 0.717) is 10.6 Å². The van der Waals surface area contributed by atoms with Crippen molar-refractivity contribution in [3.05, 3.63) is 40.0 Å². The van der Waals surface area contributed by atoms with Gasteiger partial charge in [0.1, 0.15) is 0 Å². The van der Waals surface area contributed by atoms with Gasteiger partial charge in [-0.1, -0.05) is 11.6 Å². The van der Waals surface area contributed by atoms with Crippen molar-refractivity contribution in [3.63, 3.8) is 0 Å². The van der Waals surface area contributed by atoms with E-state index in [1.165, 1.54) is 0 Å². The SMILES string of the molecule is NC(=O)c1c2c(nc3ccc(Cl)cc13)CCC2. The average Bonchev–Trinajstić information content (AvgIpc) is 2.72. The topological polar surface area (TPSA) is 56.0 Å². The summed E-state index contributed by atoms with van der Waals surface area (Å²) in [6.45, 7) is 0. The molecule has 1 heterocycles. The van der Waals surface area contributed by atoms with Gasteiger partial charge in [0.25, 0.3) is 0 Å². The van der Waals surface area contributed by atoms with Gasteiger partial charge in [-0.05, 0) is 43.0 Å². The van der Waals surface area contributed by atoms with Gasteiger partial charge in [0.15, 0.2) is 0 Å². The predicted octanol–water partition coefficient (Wildman–Crippen LogP) is 2.48. The fourth-order valence-corrected chi connectivity index (χ4v) is 2.69. The number of hydrogen-bond donors (Lipinski definition) is 1. The molecule has 0 spiro atoms. The first-order valence-electron chi connectivity index (χ1n) is 5.57. The molecule has 1 amide bonds. The van der Waals surface area contributed by atoms with E-state index in [-0.39, 0.29) is 0 Å². The van der Waals surface area contributed by atoms with Gasteiger partial charge in [0.05, 0.1) is 11.1 Å². The molecule has 0 aliphatic heterocycles. The molecule has 0 atom stereocenters. The standard InChI is InChI=1S/C13H11ClN2O/c14-7-4-5-11-9(6-7)12(13(15)17)8-2-1-3-10(8)16-11/h4-6H,1-3H2,(H2,15,17). The number of aryl methyl sites for hydroxylation is 1. The molecule has 1 aliphatic rings. The van der Waals surface area contributed by atoms with E-state index in [4.69, 9.17) is 17.3 Å². The van der Waals surface area contributed by atoms with Crippen LogP contribution in [0.2, 0.25) is 5.02 Å². The molecule has 4 heteroatoms. The maximum atomic E-state index is 11.6. The van der Waals surface area contributed by atoms with Crippen molar-refractivity contribution in [3.8, 4) is 0 Å². The second-order valence-corrected chi connectivity index (χ2v) is 4.73. The number of nitrogens with zero attached hydrogens (tertiary/aromatic N) is 1. The smallest absolute Gasteiger partial charge is 0.249 e. The van der Waals surface area contributed by atoms with E-state index in [2.05, 4.69) is 4.98 Å². The Labute approximate surface area is 104 Å². The van der Waals surface area contributed by atoms with E-state index in [9.17, 15) is 4.79 Å². The minimum Gasteiger partial charge on any atom is -0.366 e. The van der Waals surface area contributed by atoms with Crippen LogP contribution in [0, 0.1) is 0 Å². The third-order valence-electron chi connectivity index (χ3n) is 3.22. The fraction of sp³-hybridized carbons (Fsp3) is 0.231. The quantitative estimate of drug-likeness (QED) is 0.840. The minimum absolute atomic E-state index is 0.391. The van der Waals surface area contributed by atoms with Crippen molar-refractivity contribution in [2.45, 2.75) is 19.3 Å². The van der Waals surface area contributed by atoms with Crippen LogP contribution in [-0.4, -0.2) is 10.9 Å². The van der Waals surface area contributed by atoms with Crippen LogP contribution in [0.25, 0.3) is 10.9 Å². The number of aromatic nitrogens is 1. The highest BCUT2D eigenvalue weighted by molar-refractivity contribution is 6.31. The van der Waals surface area contributed by atoms with Crippen LogP contribution >= 0.6 is 11.6 Å². The normalized spacial score (nSPS) is 13.9. The Morgan fingerprint density at radius 2 is 2.18 bits per heavy atom. The first kappa shape index (κ1) is 10.5. The lowest BCUT2D eigenvalue weighted by atomic mass is 10.0. The molecule has 1 aromatic heterocycles. The third kappa shape index (κ3) is 1.58. The highest BCUT2D eigenvalue weighted by Crippen LogP contribution is 2.30. The molecule has 17 heavy (non-hydrogen) atoms. The number of benzene rings is 1. The zero-order valence-corrected chi connectivity index (χ0v) is 9.92. The van der Waals surface area contributed by atoms with Crippen LogP contribution in [0.1, 0.15) is 28.0 Å². The summed E-state index contributed by atoms with van der Waals surface area (Å²) in [7, 11) is 0. The van der Waals surface area contributed by atoms with E-state index in [0.717, 1.165) is 41.4 Å². The fourth-order valence-electron chi connectivity index (χ4n) is 2.52. The molecular formula is C13H11ClN2O. The number of amides is 1. The predicted molar refractivity (Wildman–Crippen MR) is 67.3 cm³/mol. The number of carbonyl (C=O) groups is 1. The molecule has 0 bridgehead atoms. The van der Waals surface area contributed by atoms with Crippen LogP contribution < -0.4 is 5.73 Å². The highest BCUT2D eigenvalue weighted by Gasteiger charge is 2.22. The van der Waals surface area contributed by atoms with Crippen LogP contribution in [0.5, 0.6) is 0 Å². The van der Waals surface area contributed by atoms with E-state index in [1.54, 1.807) is 12.1 Å². The molecule has 1 aliphatic carbocycles. The van der Waals surface area contributed by atoms with Crippen molar-refractivity contribution >= 4 is 28.4 Å². The third-order valence-corrected chi connectivity index (χ3v) is 3.46. The van der Waals surface area contributed by atoms with E-state index >= 15 is 0 Å². The van der Waals surface area contributed by atoms with Crippen molar-refractivity contribution in [2.24, 2.45) is 5.73 Å². The van der Waals surface area contributed by atoms with Crippen molar-refractivity contribution in [1.82, 2.24) is 4.98 Å². The van der Waals surface area contributed by atoms with Gasteiger partial charge in [0.2, 0.25) is 5.91 Å².